The van der Waals surface area contributed by atoms with Crippen molar-refractivity contribution < 1.29 is 4.74 Å². The second-order valence-corrected chi connectivity index (χ2v) is 6.04. The summed E-state index contributed by atoms with van der Waals surface area (Å²) in [5, 5.41) is 3.27. The predicted molar refractivity (Wildman–Crippen MR) is 95.6 cm³/mol. The van der Waals surface area contributed by atoms with Gasteiger partial charge in [-0.2, -0.15) is 4.98 Å². The lowest BCUT2D eigenvalue weighted by atomic mass is 10.1. The summed E-state index contributed by atoms with van der Waals surface area (Å²) in [5.41, 5.74) is 2.12. The van der Waals surface area contributed by atoms with E-state index < -0.39 is 0 Å². The molecule has 2 aromatic heterocycles. The number of rotatable bonds is 6. The Bertz CT molecular complexity index is 670. The van der Waals surface area contributed by atoms with E-state index in [0.717, 1.165) is 24.5 Å². The smallest absolute Gasteiger partial charge is 0.226 e. The van der Waals surface area contributed by atoms with Gasteiger partial charge in [-0.3, -0.25) is 0 Å². The maximum Gasteiger partial charge on any atom is 0.226 e. The van der Waals surface area contributed by atoms with Gasteiger partial charge in [0, 0.05) is 37.6 Å². The number of hydrogen-bond donors (Lipinski definition) is 1. The van der Waals surface area contributed by atoms with E-state index in [2.05, 4.69) is 31.2 Å². The van der Waals surface area contributed by atoms with Crippen molar-refractivity contribution >= 4 is 11.8 Å². The van der Waals surface area contributed by atoms with Gasteiger partial charge >= 0.3 is 0 Å². The number of pyridine rings is 1. The maximum atomic E-state index is 5.52. The van der Waals surface area contributed by atoms with Gasteiger partial charge in [-0.25, -0.2) is 9.97 Å². The third kappa shape index (κ3) is 4.13. The van der Waals surface area contributed by atoms with Crippen LogP contribution in [-0.4, -0.2) is 34.6 Å². The molecule has 0 amide bonds. The fourth-order valence-corrected chi connectivity index (χ4v) is 2.84. The van der Waals surface area contributed by atoms with E-state index in [1.165, 1.54) is 24.8 Å². The maximum absolute atomic E-state index is 5.52. The molecular formula is C18H25N5O. The molecule has 6 heteroatoms. The average Bonchev–Trinajstić information content (AvgIpc) is 2.63. The lowest BCUT2D eigenvalue weighted by molar-refractivity contribution is 0.324. The third-order valence-electron chi connectivity index (χ3n) is 4.15. The molecule has 1 N–H and O–H groups in total. The lowest BCUT2D eigenvalue weighted by Gasteiger charge is -2.27. The first kappa shape index (κ1) is 16.5. The molecule has 2 aromatic rings. The van der Waals surface area contributed by atoms with Gasteiger partial charge in [-0.05, 0) is 50.8 Å². The summed E-state index contributed by atoms with van der Waals surface area (Å²) < 4.78 is 5.52. The van der Waals surface area contributed by atoms with Gasteiger partial charge in [0.1, 0.15) is 5.82 Å². The van der Waals surface area contributed by atoms with Crippen molar-refractivity contribution in [1.82, 2.24) is 15.0 Å². The summed E-state index contributed by atoms with van der Waals surface area (Å²) >= 11 is 0. The molecule has 128 valence electrons. The van der Waals surface area contributed by atoms with Crippen molar-refractivity contribution in [2.75, 3.05) is 29.9 Å². The van der Waals surface area contributed by atoms with Gasteiger partial charge in [-0.1, -0.05) is 0 Å². The van der Waals surface area contributed by atoms with Crippen LogP contribution in [0.1, 0.15) is 37.3 Å². The van der Waals surface area contributed by atoms with Crippen LogP contribution in [0.3, 0.4) is 0 Å². The average molecular weight is 327 g/mol. The highest BCUT2D eigenvalue weighted by Gasteiger charge is 2.12. The first-order chi connectivity index (χ1) is 11.8. The number of nitrogens with one attached hydrogen (secondary N) is 1. The Kier molecular flexibility index (Phi) is 5.46. The highest BCUT2D eigenvalue weighted by molar-refractivity contribution is 5.42. The second kappa shape index (κ2) is 7.95. The van der Waals surface area contributed by atoms with Crippen LogP contribution in [0.5, 0.6) is 5.88 Å². The minimum absolute atomic E-state index is 0.584. The summed E-state index contributed by atoms with van der Waals surface area (Å²) in [6.45, 7) is 7.36. The second-order valence-electron chi connectivity index (χ2n) is 6.04. The van der Waals surface area contributed by atoms with Crippen LogP contribution < -0.4 is 15.0 Å². The van der Waals surface area contributed by atoms with Crippen molar-refractivity contribution in [2.45, 2.75) is 39.7 Å². The summed E-state index contributed by atoms with van der Waals surface area (Å²) in [5.74, 6) is 2.29. The molecule has 24 heavy (non-hydrogen) atoms. The van der Waals surface area contributed by atoms with Crippen molar-refractivity contribution in [2.24, 2.45) is 0 Å². The molecule has 6 nitrogen and oxygen atoms in total. The van der Waals surface area contributed by atoms with Gasteiger partial charge in [0.25, 0.3) is 0 Å². The van der Waals surface area contributed by atoms with Crippen molar-refractivity contribution in [3.8, 4) is 5.88 Å². The Labute approximate surface area is 143 Å². The highest BCUT2D eigenvalue weighted by atomic mass is 16.5. The number of aryl methyl sites for hydroxylation is 1. The topological polar surface area (TPSA) is 63.2 Å². The SMILES string of the molecule is CCOc1nc(NCc2ccnc(N3CCCCC3)c2)ncc1C. The van der Waals surface area contributed by atoms with Gasteiger partial charge in [-0.15, -0.1) is 0 Å². The first-order valence-electron chi connectivity index (χ1n) is 8.66. The van der Waals surface area contributed by atoms with Gasteiger partial charge in [0.15, 0.2) is 0 Å². The normalized spacial score (nSPS) is 14.5. The molecule has 0 unspecified atom stereocenters. The molecule has 1 aliphatic rings. The molecule has 1 saturated heterocycles. The van der Waals surface area contributed by atoms with E-state index in [9.17, 15) is 0 Å². The number of aromatic nitrogens is 3. The number of ether oxygens (including phenoxy) is 1. The fourth-order valence-electron chi connectivity index (χ4n) is 2.84. The van der Waals surface area contributed by atoms with Crippen LogP contribution in [0.2, 0.25) is 0 Å². The van der Waals surface area contributed by atoms with Crippen LogP contribution in [0.15, 0.2) is 24.5 Å². The molecule has 0 aromatic carbocycles. The van der Waals surface area contributed by atoms with Gasteiger partial charge < -0.3 is 15.0 Å². The zero-order valence-corrected chi connectivity index (χ0v) is 14.5. The summed E-state index contributed by atoms with van der Waals surface area (Å²) in [6, 6.07) is 4.17. The largest absolute Gasteiger partial charge is 0.478 e. The molecule has 0 spiro atoms. The van der Waals surface area contributed by atoms with Gasteiger partial charge in [0.2, 0.25) is 11.8 Å². The number of piperidine rings is 1. The van der Waals surface area contributed by atoms with E-state index >= 15 is 0 Å². The van der Waals surface area contributed by atoms with E-state index in [1.54, 1.807) is 6.20 Å². The minimum atomic E-state index is 0.584. The quantitative estimate of drug-likeness (QED) is 0.879. The highest BCUT2D eigenvalue weighted by Crippen LogP contribution is 2.19. The Morgan fingerprint density at radius 1 is 1.21 bits per heavy atom. The molecule has 0 bridgehead atoms. The van der Waals surface area contributed by atoms with E-state index in [1.807, 2.05) is 26.1 Å². The zero-order chi connectivity index (χ0) is 16.8. The van der Waals surface area contributed by atoms with Crippen LogP contribution >= 0.6 is 0 Å². The molecular weight excluding hydrogens is 302 g/mol. The molecule has 0 atom stereocenters. The van der Waals surface area contributed by atoms with Crippen molar-refractivity contribution in [3.63, 3.8) is 0 Å². The molecule has 0 aliphatic carbocycles. The molecule has 1 aliphatic heterocycles. The molecule has 1 fully saturated rings. The van der Waals surface area contributed by atoms with E-state index in [-0.39, 0.29) is 0 Å². The van der Waals surface area contributed by atoms with Crippen LogP contribution in [0.4, 0.5) is 11.8 Å². The molecule has 3 heterocycles. The Morgan fingerprint density at radius 3 is 2.83 bits per heavy atom. The van der Waals surface area contributed by atoms with Crippen LogP contribution in [0.25, 0.3) is 0 Å². The van der Waals surface area contributed by atoms with E-state index in [4.69, 9.17) is 4.74 Å². The van der Waals surface area contributed by atoms with Gasteiger partial charge in [0.05, 0.1) is 6.61 Å². The summed E-state index contributed by atoms with van der Waals surface area (Å²) in [7, 11) is 0. The predicted octanol–water partition coefficient (Wildman–Crippen LogP) is 3.18. The monoisotopic (exact) mass is 327 g/mol. The number of nitrogens with zero attached hydrogens (tertiary/aromatic N) is 4. The lowest BCUT2D eigenvalue weighted by Crippen LogP contribution is -2.30. The van der Waals surface area contributed by atoms with Crippen molar-refractivity contribution in [3.05, 3.63) is 35.7 Å². The molecule has 3 rings (SSSR count). The Balaban J connectivity index is 1.65. The first-order valence-corrected chi connectivity index (χ1v) is 8.66. The third-order valence-corrected chi connectivity index (χ3v) is 4.15. The summed E-state index contributed by atoms with van der Waals surface area (Å²) in [4.78, 5) is 15.6. The number of hydrogen-bond acceptors (Lipinski definition) is 6. The number of anilines is 2. The molecule has 0 radical (unpaired) electrons. The molecule has 0 saturated carbocycles. The van der Waals surface area contributed by atoms with Crippen molar-refractivity contribution in [1.29, 1.82) is 0 Å². The fraction of sp³-hybridized carbons (Fsp3) is 0.500. The summed E-state index contributed by atoms with van der Waals surface area (Å²) in [6.07, 6.45) is 7.49. The Hall–Kier alpha value is -2.37. The Morgan fingerprint density at radius 2 is 2.04 bits per heavy atom. The van der Waals surface area contributed by atoms with E-state index in [0.29, 0.717) is 25.0 Å². The zero-order valence-electron chi connectivity index (χ0n) is 14.5. The van der Waals surface area contributed by atoms with Crippen LogP contribution in [0, 0.1) is 6.92 Å². The standard InChI is InChI=1S/C18H25N5O/c1-3-24-17-14(2)12-20-18(22-17)21-13-15-7-8-19-16(11-15)23-9-5-4-6-10-23/h7-8,11-12H,3-6,9-10,13H2,1-2H3,(H,20,21,22). The van der Waals surface area contributed by atoms with Crippen LogP contribution in [-0.2, 0) is 6.54 Å². The minimum Gasteiger partial charge on any atom is -0.478 e.